The van der Waals surface area contributed by atoms with Crippen molar-refractivity contribution in [2.45, 2.75) is 44.9 Å². The van der Waals surface area contributed by atoms with Crippen molar-refractivity contribution in [1.82, 2.24) is 5.32 Å². The van der Waals surface area contributed by atoms with Crippen molar-refractivity contribution in [3.8, 4) is 0 Å². The number of benzene rings is 1. The van der Waals surface area contributed by atoms with Crippen LogP contribution in [0.4, 0.5) is 0 Å². The van der Waals surface area contributed by atoms with Crippen molar-refractivity contribution in [2.24, 2.45) is 5.92 Å². The third kappa shape index (κ3) is 2.71. The van der Waals surface area contributed by atoms with Crippen molar-refractivity contribution in [3.05, 3.63) is 35.4 Å². The molecule has 17 heavy (non-hydrogen) atoms. The number of hydrogen-bond donors (Lipinski definition) is 1. The summed E-state index contributed by atoms with van der Waals surface area (Å²) >= 11 is 0. The second-order valence-electron chi connectivity index (χ2n) is 5.86. The standard InChI is InChI=1S/C16H25N/c1-13-7-9-16(10-8-13,12-17-3)15-6-4-5-14(2)11-15/h4-6,11,13,17H,7-10,12H2,1-3H3. The fraction of sp³-hybridized carbons (Fsp3) is 0.625. The minimum absolute atomic E-state index is 0.382. The van der Waals surface area contributed by atoms with Crippen LogP contribution < -0.4 is 5.32 Å². The quantitative estimate of drug-likeness (QED) is 0.837. The maximum absolute atomic E-state index is 3.41. The van der Waals surface area contributed by atoms with Gasteiger partial charge in [-0.3, -0.25) is 0 Å². The molecule has 1 heteroatoms. The summed E-state index contributed by atoms with van der Waals surface area (Å²) < 4.78 is 0. The third-order valence-corrected chi connectivity index (χ3v) is 4.38. The predicted octanol–water partition coefficient (Wildman–Crippen LogP) is 3.66. The van der Waals surface area contributed by atoms with Gasteiger partial charge in [0.15, 0.2) is 0 Å². The van der Waals surface area contributed by atoms with Gasteiger partial charge in [-0.1, -0.05) is 36.8 Å². The van der Waals surface area contributed by atoms with E-state index in [2.05, 4.69) is 50.5 Å². The fourth-order valence-corrected chi connectivity index (χ4v) is 3.20. The lowest BCUT2D eigenvalue weighted by Crippen LogP contribution is -2.40. The Morgan fingerprint density at radius 2 is 2.00 bits per heavy atom. The Hall–Kier alpha value is -0.820. The number of likely N-dealkylation sites (N-methyl/N-ethyl adjacent to an activating group) is 1. The van der Waals surface area contributed by atoms with Crippen LogP contribution in [0.1, 0.15) is 43.7 Å². The first-order valence-corrected chi connectivity index (χ1v) is 6.88. The Morgan fingerprint density at radius 3 is 2.59 bits per heavy atom. The van der Waals surface area contributed by atoms with E-state index in [1.165, 1.54) is 31.2 Å². The van der Waals surface area contributed by atoms with Gasteiger partial charge in [-0.05, 0) is 51.1 Å². The molecule has 0 spiro atoms. The zero-order valence-corrected chi connectivity index (χ0v) is 11.4. The maximum atomic E-state index is 3.41. The number of nitrogens with one attached hydrogen (secondary N) is 1. The zero-order chi connectivity index (χ0) is 12.3. The Kier molecular flexibility index (Phi) is 3.88. The molecule has 94 valence electrons. The molecule has 1 aromatic rings. The van der Waals surface area contributed by atoms with Gasteiger partial charge in [0, 0.05) is 12.0 Å². The molecule has 1 aliphatic carbocycles. The van der Waals surface area contributed by atoms with E-state index in [1.807, 2.05) is 0 Å². The van der Waals surface area contributed by atoms with Crippen molar-refractivity contribution < 1.29 is 0 Å². The normalized spacial score (nSPS) is 29.2. The smallest absolute Gasteiger partial charge is 0.00779 e. The summed E-state index contributed by atoms with van der Waals surface area (Å²) in [6.45, 7) is 5.70. The molecule has 1 fully saturated rings. The Bertz CT molecular complexity index is 362. The number of hydrogen-bond acceptors (Lipinski definition) is 1. The molecule has 1 nitrogen and oxygen atoms in total. The monoisotopic (exact) mass is 231 g/mol. The van der Waals surface area contributed by atoms with Crippen LogP contribution in [0.5, 0.6) is 0 Å². The summed E-state index contributed by atoms with van der Waals surface area (Å²) in [6, 6.07) is 9.11. The molecule has 0 saturated heterocycles. The van der Waals surface area contributed by atoms with E-state index in [4.69, 9.17) is 0 Å². The Labute approximate surface area is 106 Å². The highest BCUT2D eigenvalue weighted by atomic mass is 14.8. The fourth-order valence-electron chi connectivity index (χ4n) is 3.20. The molecule has 0 heterocycles. The van der Waals surface area contributed by atoms with Gasteiger partial charge in [0.2, 0.25) is 0 Å². The van der Waals surface area contributed by atoms with Gasteiger partial charge in [0.25, 0.3) is 0 Å². The van der Waals surface area contributed by atoms with Crippen molar-refractivity contribution in [1.29, 1.82) is 0 Å². The summed E-state index contributed by atoms with van der Waals surface area (Å²) in [7, 11) is 2.08. The van der Waals surface area contributed by atoms with Crippen LogP contribution in [0.3, 0.4) is 0 Å². The maximum Gasteiger partial charge on any atom is 0.00779 e. The van der Waals surface area contributed by atoms with E-state index in [-0.39, 0.29) is 0 Å². The third-order valence-electron chi connectivity index (χ3n) is 4.38. The van der Waals surface area contributed by atoms with Crippen LogP contribution in [0.2, 0.25) is 0 Å². The second kappa shape index (κ2) is 5.22. The van der Waals surface area contributed by atoms with Crippen molar-refractivity contribution in [2.75, 3.05) is 13.6 Å². The number of rotatable bonds is 3. The van der Waals surface area contributed by atoms with Crippen LogP contribution in [-0.2, 0) is 5.41 Å². The van der Waals surface area contributed by atoms with E-state index in [0.29, 0.717) is 5.41 Å². The molecule has 1 N–H and O–H groups in total. The molecule has 0 atom stereocenters. The highest BCUT2D eigenvalue weighted by Crippen LogP contribution is 2.41. The lowest BCUT2D eigenvalue weighted by atomic mass is 9.66. The minimum Gasteiger partial charge on any atom is -0.319 e. The molecule has 0 radical (unpaired) electrons. The lowest BCUT2D eigenvalue weighted by molar-refractivity contribution is 0.237. The van der Waals surface area contributed by atoms with Gasteiger partial charge in [-0.15, -0.1) is 0 Å². The second-order valence-corrected chi connectivity index (χ2v) is 5.86. The van der Waals surface area contributed by atoms with Gasteiger partial charge in [-0.25, -0.2) is 0 Å². The predicted molar refractivity (Wildman–Crippen MR) is 74.4 cm³/mol. The molecule has 0 amide bonds. The molecule has 0 unspecified atom stereocenters. The summed E-state index contributed by atoms with van der Waals surface area (Å²) in [6.07, 6.45) is 5.40. The minimum atomic E-state index is 0.382. The largest absolute Gasteiger partial charge is 0.319 e. The lowest BCUT2D eigenvalue weighted by Gasteiger charge is -2.40. The van der Waals surface area contributed by atoms with Gasteiger partial charge in [0.05, 0.1) is 0 Å². The molecule has 1 saturated carbocycles. The van der Waals surface area contributed by atoms with E-state index in [1.54, 1.807) is 5.56 Å². The van der Waals surface area contributed by atoms with Crippen molar-refractivity contribution >= 4 is 0 Å². The van der Waals surface area contributed by atoms with E-state index in [0.717, 1.165) is 12.5 Å². The summed E-state index contributed by atoms with van der Waals surface area (Å²) in [4.78, 5) is 0. The van der Waals surface area contributed by atoms with E-state index >= 15 is 0 Å². The summed E-state index contributed by atoms with van der Waals surface area (Å²) in [5.41, 5.74) is 3.31. The van der Waals surface area contributed by atoms with Crippen LogP contribution in [-0.4, -0.2) is 13.6 Å². The van der Waals surface area contributed by atoms with Gasteiger partial charge in [-0.2, -0.15) is 0 Å². The average molecular weight is 231 g/mol. The summed E-state index contributed by atoms with van der Waals surface area (Å²) in [5, 5.41) is 3.41. The van der Waals surface area contributed by atoms with Crippen molar-refractivity contribution in [3.63, 3.8) is 0 Å². The first kappa shape index (κ1) is 12.6. The summed E-state index contributed by atoms with van der Waals surface area (Å²) in [5.74, 6) is 0.907. The van der Waals surface area contributed by atoms with Crippen LogP contribution >= 0.6 is 0 Å². The topological polar surface area (TPSA) is 12.0 Å². The van der Waals surface area contributed by atoms with Crippen LogP contribution in [0, 0.1) is 12.8 Å². The van der Waals surface area contributed by atoms with E-state index in [9.17, 15) is 0 Å². The molecule has 2 rings (SSSR count). The SMILES string of the molecule is CNCC1(c2cccc(C)c2)CCC(C)CC1. The van der Waals surface area contributed by atoms with Crippen LogP contribution in [0.15, 0.2) is 24.3 Å². The highest BCUT2D eigenvalue weighted by Gasteiger charge is 2.35. The molecule has 1 aromatic carbocycles. The molecular formula is C16H25N. The molecule has 0 bridgehead atoms. The first-order chi connectivity index (χ1) is 8.16. The molecule has 0 aliphatic heterocycles. The van der Waals surface area contributed by atoms with Crippen LogP contribution in [0.25, 0.3) is 0 Å². The number of aryl methyl sites for hydroxylation is 1. The van der Waals surface area contributed by atoms with Gasteiger partial charge in [0.1, 0.15) is 0 Å². The molecule has 1 aliphatic rings. The first-order valence-electron chi connectivity index (χ1n) is 6.88. The van der Waals surface area contributed by atoms with Gasteiger partial charge < -0.3 is 5.32 Å². The molecule has 0 aromatic heterocycles. The zero-order valence-electron chi connectivity index (χ0n) is 11.4. The average Bonchev–Trinajstić information content (AvgIpc) is 2.33. The molecular weight excluding hydrogens is 206 g/mol. The highest BCUT2D eigenvalue weighted by molar-refractivity contribution is 5.30. The van der Waals surface area contributed by atoms with Gasteiger partial charge >= 0.3 is 0 Å². The van der Waals surface area contributed by atoms with E-state index < -0.39 is 0 Å². The Balaban J connectivity index is 2.27. The Morgan fingerprint density at radius 1 is 1.29 bits per heavy atom.